The van der Waals surface area contributed by atoms with Gasteiger partial charge in [-0.15, -0.1) is 0 Å². The third-order valence-electron chi connectivity index (χ3n) is 4.48. The van der Waals surface area contributed by atoms with E-state index in [1.54, 1.807) is 17.0 Å². The van der Waals surface area contributed by atoms with E-state index in [1.807, 2.05) is 37.3 Å². The summed E-state index contributed by atoms with van der Waals surface area (Å²) in [5, 5.41) is 3.59. The normalized spacial score (nSPS) is 11.2. The second-order valence-corrected chi connectivity index (χ2v) is 8.06. The second kappa shape index (κ2) is 8.57. The van der Waals surface area contributed by atoms with Crippen molar-refractivity contribution in [3.63, 3.8) is 0 Å². The van der Waals surface area contributed by atoms with Crippen LogP contribution in [0.4, 0.5) is 11.4 Å². The fourth-order valence-electron chi connectivity index (χ4n) is 3.01. The molecule has 2 aromatic rings. The van der Waals surface area contributed by atoms with Gasteiger partial charge in [-0.1, -0.05) is 56.6 Å². The standard InChI is InChI=1S/C22H27ClN2O2/c1-15-18(23)10-8-12-20(15)25(16(2)26)14-13-21(27)24-19-11-7-6-9-17(19)22(3,4)5/h6-12H,13-14H2,1-5H3,(H,24,27). The first-order valence-corrected chi connectivity index (χ1v) is 9.41. The molecule has 4 nitrogen and oxygen atoms in total. The average molecular weight is 387 g/mol. The molecule has 0 aliphatic carbocycles. The quantitative estimate of drug-likeness (QED) is 0.755. The summed E-state index contributed by atoms with van der Waals surface area (Å²) in [6.07, 6.45) is 0.198. The summed E-state index contributed by atoms with van der Waals surface area (Å²) in [7, 11) is 0. The maximum absolute atomic E-state index is 12.5. The van der Waals surface area contributed by atoms with Crippen LogP contribution >= 0.6 is 11.6 Å². The van der Waals surface area contributed by atoms with Gasteiger partial charge in [-0.3, -0.25) is 9.59 Å². The van der Waals surface area contributed by atoms with Crippen molar-refractivity contribution in [3.8, 4) is 0 Å². The molecule has 2 aromatic carbocycles. The van der Waals surface area contributed by atoms with Gasteiger partial charge in [0.05, 0.1) is 0 Å². The summed E-state index contributed by atoms with van der Waals surface area (Å²) in [5.41, 5.74) is 3.37. The van der Waals surface area contributed by atoms with Crippen LogP contribution in [0.5, 0.6) is 0 Å². The van der Waals surface area contributed by atoms with Gasteiger partial charge in [0.2, 0.25) is 11.8 Å². The molecule has 0 saturated carbocycles. The highest BCUT2D eigenvalue weighted by Crippen LogP contribution is 2.30. The smallest absolute Gasteiger partial charge is 0.226 e. The Morgan fingerprint density at radius 2 is 1.74 bits per heavy atom. The van der Waals surface area contributed by atoms with E-state index in [4.69, 9.17) is 11.6 Å². The second-order valence-electron chi connectivity index (χ2n) is 7.65. The summed E-state index contributed by atoms with van der Waals surface area (Å²) in [5.74, 6) is -0.249. The van der Waals surface area contributed by atoms with E-state index < -0.39 is 0 Å². The Kier molecular flexibility index (Phi) is 6.66. The van der Waals surface area contributed by atoms with Crippen molar-refractivity contribution >= 4 is 34.8 Å². The predicted molar refractivity (Wildman–Crippen MR) is 113 cm³/mol. The van der Waals surface area contributed by atoms with Crippen molar-refractivity contribution in [1.82, 2.24) is 0 Å². The van der Waals surface area contributed by atoms with Gasteiger partial charge in [0.15, 0.2) is 0 Å². The number of amides is 2. The number of benzene rings is 2. The van der Waals surface area contributed by atoms with Crippen LogP contribution in [0, 0.1) is 6.92 Å². The van der Waals surface area contributed by atoms with E-state index in [0.29, 0.717) is 11.6 Å². The Labute approximate surface area is 166 Å². The van der Waals surface area contributed by atoms with Crippen molar-refractivity contribution in [2.24, 2.45) is 0 Å². The Balaban J connectivity index is 2.12. The van der Waals surface area contributed by atoms with Crippen LogP contribution in [0.3, 0.4) is 0 Å². The molecule has 0 atom stereocenters. The molecule has 2 amide bonds. The molecule has 0 saturated heterocycles. The SMILES string of the molecule is CC(=O)N(CCC(=O)Nc1ccccc1C(C)(C)C)c1cccc(Cl)c1C. The Hall–Kier alpha value is -2.33. The number of hydrogen-bond acceptors (Lipinski definition) is 2. The lowest BCUT2D eigenvalue weighted by Gasteiger charge is -2.25. The fraction of sp³-hybridized carbons (Fsp3) is 0.364. The zero-order valence-electron chi connectivity index (χ0n) is 16.6. The van der Waals surface area contributed by atoms with Crippen LogP contribution in [0.1, 0.15) is 45.2 Å². The molecule has 0 heterocycles. The number of carbonyl (C=O) groups excluding carboxylic acids is 2. The van der Waals surface area contributed by atoms with Crippen molar-refractivity contribution in [1.29, 1.82) is 0 Å². The van der Waals surface area contributed by atoms with Gasteiger partial charge in [-0.05, 0) is 41.7 Å². The number of nitrogens with zero attached hydrogens (tertiary/aromatic N) is 1. The van der Waals surface area contributed by atoms with Crippen molar-refractivity contribution < 1.29 is 9.59 Å². The number of rotatable bonds is 5. The van der Waals surface area contributed by atoms with E-state index in [2.05, 4.69) is 26.1 Å². The van der Waals surface area contributed by atoms with Crippen molar-refractivity contribution in [3.05, 3.63) is 58.6 Å². The highest BCUT2D eigenvalue weighted by Gasteiger charge is 2.20. The number of carbonyl (C=O) groups is 2. The van der Waals surface area contributed by atoms with Crippen molar-refractivity contribution in [2.75, 3.05) is 16.8 Å². The molecular weight excluding hydrogens is 360 g/mol. The summed E-state index contributed by atoms with van der Waals surface area (Å²) in [4.78, 5) is 26.2. The minimum atomic E-state index is -0.127. The Bertz CT molecular complexity index is 840. The van der Waals surface area contributed by atoms with Crippen molar-refractivity contribution in [2.45, 2.75) is 46.5 Å². The first-order valence-electron chi connectivity index (χ1n) is 9.04. The number of halogens is 1. The maximum Gasteiger partial charge on any atom is 0.226 e. The largest absolute Gasteiger partial charge is 0.326 e. The van der Waals surface area contributed by atoms with Crippen LogP contribution in [-0.4, -0.2) is 18.4 Å². The zero-order chi connectivity index (χ0) is 20.2. The van der Waals surface area contributed by atoms with Gasteiger partial charge >= 0.3 is 0 Å². The minimum Gasteiger partial charge on any atom is -0.326 e. The molecule has 0 aliphatic rings. The predicted octanol–water partition coefficient (Wildman–Crippen LogP) is 5.33. The molecule has 1 N–H and O–H groups in total. The number of hydrogen-bond donors (Lipinski definition) is 1. The average Bonchev–Trinajstić information content (AvgIpc) is 2.58. The third-order valence-corrected chi connectivity index (χ3v) is 4.89. The minimum absolute atomic E-state index is 0.0762. The molecule has 27 heavy (non-hydrogen) atoms. The van der Waals surface area contributed by atoms with Crippen LogP contribution in [0.25, 0.3) is 0 Å². The molecule has 0 aliphatic heterocycles. The molecular formula is C22H27ClN2O2. The lowest BCUT2D eigenvalue weighted by atomic mass is 9.86. The highest BCUT2D eigenvalue weighted by molar-refractivity contribution is 6.31. The first-order chi connectivity index (χ1) is 12.6. The van der Waals surface area contributed by atoms with Crippen LogP contribution < -0.4 is 10.2 Å². The Morgan fingerprint density at radius 3 is 2.37 bits per heavy atom. The van der Waals surface area contributed by atoms with Crippen LogP contribution in [-0.2, 0) is 15.0 Å². The molecule has 0 radical (unpaired) electrons. The molecule has 5 heteroatoms. The fourth-order valence-corrected chi connectivity index (χ4v) is 3.18. The Morgan fingerprint density at radius 1 is 1.07 bits per heavy atom. The van der Waals surface area contributed by atoms with E-state index in [-0.39, 0.29) is 23.7 Å². The molecule has 0 fully saturated rings. The number of nitrogens with one attached hydrogen (secondary N) is 1. The van der Waals surface area contributed by atoms with Gasteiger partial charge in [-0.25, -0.2) is 0 Å². The first kappa shape index (κ1) is 21.0. The molecule has 0 bridgehead atoms. The van der Waals surface area contributed by atoms with Gasteiger partial charge in [-0.2, -0.15) is 0 Å². The summed E-state index contributed by atoms with van der Waals surface area (Å²) in [6.45, 7) is 9.98. The van der Waals surface area contributed by atoms with Gasteiger partial charge in [0, 0.05) is 36.3 Å². The highest BCUT2D eigenvalue weighted by atomic mass is 35.5. The maximum atomic E-state index is 12.5. The summed E-state index contributed by atoms with van der Waals surface area (Å²) in [6, 6.07) is 13.2. The molecule has 0 unspecified atom stereocenters. The van der Waals surface area contributed by atoms with E-state index >= 15 is 0 Å². The van der Waals surface area contributed by atoms with Crippen LogP contribution in [0.15, 0.2) is 42.5 Å². The van der Waals surface area contributed by atoms with Gasteiger partial charge in [0.1, 0.15) is 0 Å². The lowest BCUT2D eigenvalue weighted by molar-refractivity contribution is -0.117. The van der Waals surface area contributed by atoms with E-state index in [1.165, 1.54) is 6.92 Å². The topological polar surface area (TPSA) is 49.4 Å². The van der Waals surface area contributed by atoms with E-state index in [9.17, 15) is 9.59 Å². The zero-order valence-corrected chi connectivity index (χ0v) is 17.4. The lowest BCUT2D eigenvalue weighted by Crippen LogP contribution is -2.32. The summed E-state index contributed by atoms with van der Waals surface area (Å²) < 4.78 is 0. The van der Waals surface area contributed by atoms with Gasteiger partial charge < -0.3 is 10.2 Å². The van der Waals surface area contributed by atoms with Crippen LogP contribution in [0.2, 0.25) is 5.02 Å². The molecule has 144 valence electrons. The molecule has 0 aromatic heterocycles. The number of para-hydroxylation sites is 1. The van der Waals surface area contributed by atoms with Gasteiger partial charge in [0.25, 0.3) is 0 Å². The number of anilines is 2. The third kappa shape index (κ3) is 5.33. The summed E-state index contributed by atoms with van der Waals surface area (Å²) >= 11 is 6.18. The molecule has 0 spiro atoms. The molecule has 2 rings (SSSR count). The van der Waals surface area contributed by atoms with E-state index in [0.717, 1.165) is 22.5 Å². The monoisotopic (exact) mass is 386 g/mol.